The van der Waals surface area contributed by atoms with Gasteiger partial charge in [-0.15, -0.1) is 0 Å². The molecule has 8 heteroatoms. The highest BCUT2D eigenvalue weighted by Crippen LogP contribution is 2.37. The Morgan fingerprint density at radius 2 is 1.94 bits per heavy atom. The molecule has 0 fully saturated rings. The van der Waals surface area contributed by atoms with E-state index in [9.17, 15) is 27.7 Å². The van der Waals surface area contributed by atoms with E-state index in [1.807, 2.05) is 0 Å². The first-order valence-electron chi connectivity index (χ1n) is 4.61. The Morgan fingerprint density at radius 1 is 1.28 bits per heavy atom. The number of hydrogen-bond acceptors (Lipinski definition) is 3. The summed E-state index contributed by atoms with van der Waals surface area (Å²) in [5.74, 6) is -1.53. The molecule has 18 heavy (non-hydrogen) atoms. The van der Waals surface area contributed by atoms with Gasteiger partial charge in [-0.3, -0.25) is 10.1 Å². The summed E-state index contributed by atoms with van der Waals surface area (Å²) >= 11 is 0. The highest BCUT2D eigenvalue weighted by Gasteiger charge is 2.35. The Morgan fingerprint density at radius 3 is 2.50 bits per heavy atom. The average molecular weight is 260 g/mol. The van der Waals surface area contributed by atoms with Crippen LogP contribution >= 0.6 is 0 Å². The quantitative estimate of drug-likeness (QED) is 0.449. The van der Waals surface area contributed by atoms with Gasteiger partial charge < -0.3 is 0 Å². The number of pyridine rings is 1. The minimum absolute atomic E-state index is 0.284. The van der Waals surface area contributed by atoms with Crippen molar-refractivity contribution in [1.29, 1.82) is 0 Å². The molecule has 94 valence electrons. The lowest BCUT2D eigenvalue weighted by atomic mass is 10.1. The van der Waals surface area contributed by atoms with Crippen molar-refractivity contribution in [1.82, 2.24) is 4.98 Å². The fourth-order valence-corrected chi connectivity index (χ4v) is 1.56. The van der Waals surface area contributed by atoms with Crippen LogP contribution in [0.15, 0.2) is 24.4 Å². The van der Waals surface area contributed by atoms with Crippen molar-refractivity contribution in [3.05, 3.63) is 45.9 Å². The van der Waals surface area contributed by atoms with Gasteiger partial charge >= 0.3 is 11.9 Å². The van der Waals surface area contributed by atoms with E-state index in [0.29, 0.717) is 12.3 Å². The zero-order chi connectivity index (χ0) is 13.5. The number of nitro groups is 1. The van der Waals surface area contributed by atoms with Crippen molar-refractivity contribution >= 4 is 16.6 Å². The predicted molar refractivity (Wildman–Crippen MR) is 53.4 cm³/mol. The van der Waals surface area contributed by atoms with Crippen LogP contribution in [0, 0.1) is 15.9 Å². The predicted octanol–water partition coefficient (Wildman–Crippen LogP) is 3.30. The van der Waals surface area contributed by atoms with E-state index < -0.39 is 33.6 Å². The van der Waals surface area contributed by atoms with Gasteiger partial charge in [-0.2, -0.15) is 17.6 Å². The number of halogens is 4. The molecule has 1 aromatic heterocycles. The fraction of sp³-hybridized carbons (Fsp3) is 0.100. The van der Waals surface area contributed by atoms with Crippen LogP contribution in [0.5, 0.6) is 0 Å². The van der Waals surface area contributed by atoms with Gasteiger partial charge in [0.25, 0.3) is 0 Å². The Kier molecular flexibility index (Phi) is 2.64. The van der Waals surface area contributed by atoms with Crippen LogP contribution < -0.4 is 0 Å². The molecule has 0 radical (unpaired) electrons. The monoisotopic (exact) mass is 260 g/mol. The lowest BCUT2D eigenvalue weighted by Crippen LogP contribution is -2.08. The van der Waals surface area contributed by atoms with E-state index in [4.69, 9.17) is 0 Å². The van der Waals surface area contributed by atoms with Gasteiger partial charge in [0.15, 0.2) is 0 Å². The van der Waals surface area contributed by atoms with Gasteiger partial charge in [0.05, 0.1) is 21.4 Å². The van der Waals surface area contributed by atoms with E-state index in [1.54, 1.807) is 0 Å². The first kappa shape index (κ1) is 12.2. The summed E-state index contributed by atoms with van der Waals surface area (Å²) in [4.78, 5) is 12.8. The summed E-state index contributed by atoms with van der Waals surface area (Å²) in [6, 6.07) is 2.86. The third kappa shape index (κ3) is 1.85. The first-order valence-corrected chi connectivity index (χ1v) is 4.61. The molecule has 0 unspecified atom stereocenters. The molecule has 0 amide bonds. The van der Waals surface area contributed by atoms with Gasteiger partial charge in [-0.1, -0.05) is 6.07 Å². The minimum atomic E-state index is -4.81. The van der Waals surface area contributed by atoms with Gasteiger partial charge in [-0.05, 0) is 12.1 Å². The molecule has 0 bridgehead atoms. The molecule has 1 aromatic carbocycles. The Balaban J connectivity index is 2.90. The van der Waals surface area contributed by atoms with Gasteiger partial charge in [0.2, 0.25) is 5.82 Å². The van der Waals surface area contributed by atoms with Crippen LogP contribution in [0.1, 0.15) is 5.56 Å². The Hall–Kier alpha value is -2.25. The Bertz CT molecular complexity index is 640. The Labute approximate surface area is 97.0 Å². The maximum atomic E-state index is 13.7. The standard InChI is InChI=1S/C10H4F4N2O2/c11-9-7(16(17)18)4-15-6-3-1-2-5(8(6)9)10(12,13)14/h1-4H. The van der Waals surface area contributed by atoms with Crippen molar-refractivity contribution in [3.63, 3.8) is 0 Å². The molecule has 4 nitrogen and oxygen atoms in total. The van der Waals surface area contributed by atoms with Crippen molar-refractivity contribution in [2.24, 2.45) is 0 Å². The number of nitrogens with zero attached hydrogens (tertiary/aromatic N) is 2. The zero-order valence-corrected chi connectivity index (χ0v) is 8.53. The molecule has 0 saturated heterocycles. The highest BCUT2D eigenvalue weighted by molar-refractivity contribution is 5.85. The largest absolute Gasteiger partial charge is 0.417 e. The summed E-state index contributed by atoms with van der Waals surface area (Å²) in [6.07, 6.45) is -4.21. The maximum absolute atomic E-state index is 13.7. The molecule has 0 spiro atoms. The van der Waals surface area contributed by atoms with Crippen LogP contribution in [0.4, 0.5) is 23.2 Å². The van der Waals surface area contributed by atoms with Gasteiger partial charge in [-0.25, -0.2) is 4.98 Å². The number of hydrogen-bond donors (Lipinski definition) is 0. The van der Waals surface area contributed by atoms with E-state index in [2.05, 4.69) is 4.98 Å². The third-order valence-corrected chi connectivity index (χ3v) is 2.31. The number of aromatic nitrogens is 1. The molecule has 2 aromatic rings. The summed E-state index contributed by atoms with van der Waals surface area (Å²) in [6.45, 7) is 0. The van der Waals surface area contributed by atoms with Crippen LogP contribution in [-0.2, 0) is 6.18 Å². The second kappa shape index (κ2) is 3.90. The second-order valence-electron chi connectivity index (χ2n) is 3.41. The average Bonchev–Trinajstić information content (AvgIpc) is 2.27. The third-order valence-electron chi connectivity index (χ3n) is 2.31. The molecule has 0 aliphatic carbocycles. The van der Waals surface area contributed by atoms with Crippen LogP contribution in [0.2, 0.25) is 0 Å². The summed E-state index contributed by atoms with van der Waals surface area (Å²) in [7, 11) is 0. The first-order chi connectivity index (χ1) is 8.32. The highest BCUT2D eigenvalue weighted by atomic mass is 19.4. The van der Waals surface area contributed by atoms with Gasteiger partial charge in [0, 0.05) is 0 Å². The normalized spacial score (nSPS) is 11.8. The second-order valence-corrected chi connectivity index (χ2v) is 3.41. The van der Waals surface area contributed by atoms with Crippen LogP contribution in [0.3, 0.4) is 0 Å². The number of benzene rings is 1. The van der Waals surface area contributed by atoms with Crippen molar-refractivity contribution in [2.45, 2.75) is 6.18 Å². The lowest BCUT2D eigenvalue weighted by Gasteiger charge is -2.10. The number of fused-ring (bicyclic) bond motifs is 1. The van der Waals surface area contributed by atoms with Crippen LogP contribution in [0.25, 0.3) is 10.9 Å². The van der Waals surface area contributed by atoms with Gasteiger partial charge in [0.1, 0.15) is 6.20 Å². The fourth-order valence-electron chi connectivity index (χ4n) is 1.56. The topological polar surface area (TPSA) is 56.0 Å². The molecule has 0 aliphatic rings. The summed E-state index contributed by atoms with van der Waals surface area (Å²) in [5, 5.41) is 9.58. The van der Waals surface area contributed by atoms with Crippen molar-refractivity contribution in [2.75, 3.05) is 0 Å². The van der Waals surface area contributed by atoms with Crippen molar-refractivity contribution in [3.8, 4) is 0 Å². The molecule has 1 heterocycles. The summed E-state index contributed by atoms with van der Waals surface area (Å²) in [5.41, 5.74) is -2.65. The number of rotatable bonds is 1. The summed E-state index contributed by atoms with van der Waals surface area (Å²) < 4.78 is 51.7. The smallest absolute Gasteiger partial charge is 0.258 e. The lowest BCUT2D eigenvalue weighted by molar-refractivity contribution is -0.387. The van der Waals surface area contributed by atoms with E-state index >= 15 is 0 Å². The van der Waals surface area contributed by atoms with Crippen molar-refractivity contribution < 1.29 is 22.5 Å². The zero-order valence-electron chi connectivity index (χ0n) is 8.53. The van der Waals surface area contributed by atoms with Crippen LogP contribution in [-0.4, -0.2) is 9.91 Å². The molecule has 0 atom stereocenters. The molecule has 0 aliphatic heterocycles. The van der Waals surface area contributed by atoms with E-state index in [-0.39, 0.29) is 5.52 Å². The SMILES string of the molecule is O=[N+]([O-])c1cnc2cccc(C(F)(F)F)c2c1F. The number of alkyl halides is 3. The molecule has 0 N–H and O–H groups in total. The maximum Gasteiger partial charge on any atom is 0.417 e. The molecular formula is C10H4F4N2O2. The molecule has 2 rings (SSSR count). The van der Waals surface area contributed by atoms with E-state index in [0.717, 1.165) is 12.1 Å². The molecule has 0 saturated carbocycles. The van der Waals surface area contributed by atoms with E-state index in [1.165, 1.54) is 0 Å². The minimum Gasteiger partial charge on any atom is -0.258 e. The molecular weight excluding hydrogens is 256 g/mol.